The van der Waals surface area contributed by atoms with Crippen molar-refractivity contribution >= 4 is 5.78 Å². The van der Waals surface area contributed by atoms with Crippen molar-refractivity contribution in [3.8, 4) is 0 Å². The van der Waals surface area contributed by atoms with E-state index in [1.165, 1.54) is 19.4 Å². The van der Waals surface area contributed by atoms with Crippen LogP contribution in [0.2, 0.25) is 0 Å². The Morgan fingerprint density at radius 1 is 1.50 bits per heavy atom. The standard InChI is InChI=1S/C8H13NO/c10-8-4-7-2-1-3-9(5-7)6-8/h7H,1-6H2. The monoisotopic (exact) mass is 139 g/mol. The summed E-state index contributed by atoms with van der Waals surface area (Å²) >= 11 is 0. The predicted molar refractivity (Wildman–Crippen MR) is 38.8 cm³/mol. The smallest absolute Gasteiger partial charge is 0.147 e. The highest BCUT2D eigenvalue weighted by molar-refractivity contribution is 5.81. The SMILES string of the molecule is O=C1CC2CCCN(C1)C2. The first-order valence-corrected chi connectivity index (χ1v) is 4.08. The van der Waals surface area contributed by atoms with Crippen LogP contribution in [-0.2, 0) is 4.79 Å². The first kappa shape index (κ1) is 6.35. The third-order valence-electron chi connectivity index (χ3n) is 2.52. The minimum atomic E-state index is 0.455. The minimum absolute atomic E-state index is 0.455. The molecule has 2 rings (SSSR count). The van der Waals surface area contributed by atoms with Gasteiger partial charge in [0.2, 0.25) is 0 Å². The van der Waals surface area contributed by atoms with Crippen LogP contribution < -0.4 is 0 Å². The van der Waals surface area contributed by atoms with E-state index in [1.54, 1.807) is 0 Å². The lowest BCUT2D eigenvalue weighted by molar-refractivity contribution is -0.125. The molecule has 0 aromatic rings. The first-order valence-electron chi connectivity index (χ1n) is 4.08. The van der Waals surface area contributed by atoms with Gasteiger partial charge in [-0.2, -0.15) is 0 Å². The average Bonchev–Trinajstić information content (AvgIpc) is 1.85. The second-order valence-electron chi connectivity index (χ2n) is 3.49. The van der Waals surface area contributed by atoms with Crippen LogP contribution in [0.1, 0.15) is 19.3 Å². The van der Waals surface area contributed by atoms with Gasteiger partial charge in [0.1, 0.15) is 5.78 Å². The first-order chi connectivity index (χ1) is 4.84. The average molecular weight is 139 g/mol. The van der Waals surface area contributed by atoms with E-state index < -0.39 is 0 Å². The van der Waals surface area contributed by atoms with E-state index in [0.29, 0.717) is 11.7 Å². The molecule has 2 aliphatic heterocycles. The molecule has 2 aliphatic rings. The fourth-order valence-corrected chi connectivity index (χ4v) is 2.10. The molecule has 0 aromatic carbocycles. The number of fused-ring (bicyclic) bond motifs is 2. The zero-order chi connectivity index (χ0) is 6.97. The molecule has 0 N–H and O–H groups in total. The number of rotatable bonds is 0. The van der Waals surface area contributed by atoms with Crippen LogP contribution in [0, 0.1) is 5.92 Å². The quantitative estimate of drug-likeness (QED) is 0.491. The normalized spacial score (nSPS) is 39.8. The van der Waals surface area contributed by atoms with Crippen molar-refractivity contribution in [1.29, 1.82) is 0 Å². The Kier molecular flexibility index (Phi) is 1.49. The third-order valence-corrected chi connectivity index (χ3v) is 2.52. The summed E-state index contributed by atoms with van der Waals surface area (Å²) in [5.74, 6) is 1.16. The van der Waals surface area contributed by atoms with E-state index in [4.69, 9.17) is 0 Å². The maximum atomic E-state index is 11.0. The molecule has 0 radical (unpaired) electrons. The highest BCUT2D eigenvalue weighted by atomic mass is 16.1. The second kappa shape index (κ2) is 2.35. The van der Waals surface area contributed by atoms with Crippen molar-refractivity contribution in [1.82, 2.24) is 4.90 Å². The van der Waals surface area contributed by atoms with Crippen LogP contribution in [-0.4, -0.2) is 30.3 Å². The number of ketones is 1. The molecule has 10 heavy (non-hydrogen) atoms. The number of piperidine rings is 2. The largest absolute Gasteiger partial charge is 0.298 e. The lowest BCUT2D eigenvalue weighted by Gasteiger charge is -2.36. The summed E-state index contributed by atoms with van der Waals surface area (Å²) in [5.41, 5.74) is 0. The van der Waals surface area contributed by atoms with Crippen LogP contribution in [0.5, 0.6) is 0 Å². The summed E-state index contributed by atoms with van der Waals surface area (Å²) in [4.78, 5) is 13.3. The zero-order valence-electron chi connectivity index (χ0n) is 6.18. The predicted octanol–water partition coefficient (Wildman–Crippen LogP) is 0.671. The van der Waals surface area contributed by atoms with Crippen molar-refractivity contribution in [3.63, 3.8) is 0 Å². The van der Waals surface area contributed by atoms with E-state index in [2.05, 4.69) is 4.90 Å². The summed E-state index contributed by atoms with van der Waals surface area (Å²) in [6, 6.07) is 0. The highest BCUT2D eigenvalue weighted by Crippen LogP contribution is 2.23. The molecule has 56 valence electrons. The van der Waals surface area contributed by atoms with Gasteiger partial charge in [0.15, 0.2) is 0 Å². The number of carbonyl (C=O) groups excluding carboxylic acids is 1. The molecule has 0 spiro atoms. The molecule has 2 saturated heterocycles. The fourth-order valence-electron chi connectivity index (χ4n) is 2.10. The molecule has 2 nitrogen and oxygen atoms in total. The van der Waals surface area contributed by atoms with Crippen molar-refractivity contribution < 1.29 is 4.79 Å². The summed E-state index contributed by atoms with van der Waals surface area (Å²) in [6.07, 6.45) is 3.44. The van der Waals surface area contributed by atoms with Gasteiger partial charge < -0.3 is 0 Å². The second-order valence-corrected chi connectivity index (χ2v) is 3.49. The van der Waals surface area contributed by atoms with Gasteiger partial charge in [-0.1, -0.05) is 0 Å². The van der Waals surface area contributed by atoms with Crippen molar-refractivity contribution in [2.75, 3.05) is 19.6 Å². The molecular formula is C8H13NO. The molecule has 2 atom stereocenters. The Bertz CT molecular complexity index is 141. The summed E-state index contributed by atoms with van der Waals surface area (Å²) < 4.78 is 0. The van der Waals surface area contributed by atoms with Gasteiger partial charge in [0, 0.05) is 13.0 Å². The van der Waals surface area contributed by atoms with E-state index in [1.807, 2.05) is 0 Å². The van der Waals surface area contributed by atoms with E-state index >= 15 is 0 Å². The van der Waals surface area contributed by atoms with Crippen LogP contribution in [0.25, 0.3) is 0 Å². The molecule has 2 fully saturated rings. The topological polar surface area (TPSA) is 20.3 Å². The number of Topliss-reactive ketones (excluding diaryl/α,β-unsaturated/α-hetero) is 1. The van der Waals surface area contributed by atoms with Gasteiger partial charge >= 0.3 is 0 Å². The fraction of sp³-hybridized carbons (Fsp3) is 0.875. The number of hydrogen-bond acceptors (Lipinski definition) is 2. The van der Waals surface area contributed by atoms with Gasteiger partial charge in [0.05, 0.1) is 6.54 Å². The Morgan fingerprint density at radius 3 is 3.20 bits per heavy atom. The lowest BCUT2D eigenvalue weighted by atomic mass is 9.89. The Hall–Kier alpha value is -0.370. The Balaban J connectivity index is 2.05. The number of nitrogens with zero attached hydrogens (tertiary/aromatic N) is 1. The maximum absolute atomic E-state index is 11.0. The van der Waals surface area contributed by atoms with E-state index in [0.717, 1.165) is 19.5 Å². The maximum Gasteiger partial charge on any atom is 0.147 e. The third kappa shape index (κ3) is 1.08. The highest BCUT2D eigenvalue weighted by Gasteiger charge is 2.28. The van der Waals surface area contributed by atoms with Crippen molar-refractivity contribution in [2.24, 2.45) is 5.92 Å². The number of hydrogen-bond donors (Lipinski definition) is 0. The summed E-state index contributed by atoms with van der Waals surface area (Å²) in [6.45, 7) is 3.07. The molecule has 0 aliphatic carbocycles. The van der Waals surface area contributed by atoms with E-state index in [-0.39, 0.29) is 0 Å². The van der Waals surface area contributed by atoms with Gasteiger partial charge in [-0.05, 0) is 25.3 Å². The summed E-state index contributed by atoms with van der Waals surface area (Å²) in [5, 5.41) is 0. The molecule has 0 amide bonds. The Morgan fingerprint density at radius 2 is 2.40 bits per heavy atom. The van der Waals surface area contributed by atoms with Gasteiger partial charge in [-0.15, -0.1) is 0 Å². The molecule has 2 heterocycles. The minimum Gasteiger partial charge on any atom is -0.298 e. The molecule has 2 bridgehead atoms. The zero-order valence-corrected chi connectivity index (χ0v) is 6.18. The molecule has 2 heteroatoms. The van der Waals surface area contributed by atoms with Crippen LogP contribution in [0.15, 0.2) is 0 Å². The molecule has 0 saturated carbocycles. The van der Waals surface area contributed by atoms with Crippen molar-refractivity contribution in [2.45, 2.75) is 19.3 Å². The number of carbonyl (C=O) groups is 1. The van der Waals surface area contributed by atoms with Gasteiger partial charge in [-0.25, -0.2) is 0 Å². The van der Waals surface area contributed by atoms with Crippen LogP contribution in [0.3, 0.4) is 0 Å². The van der Waals surface area contributed by atoms with Gasteiger partial charge in [-0.3, -0.25) is 9.69 Å². The Labute approximate surface area is 61.2 Å². The molecular weight excluding hydrogens is 126 g/mol. The lowest BCUT2D eigenvalue weighted by Crippen LogP contribution is -2.44. The van der Waals surface area contributed by atoms with Gasteiger partial charge in [0.25, 0.3) is 0 Å². The van der Waals surface area contributed by atoms with E-state index in [9.17, 15) is 4.79 Å². The molecule has 2 unspecified atom stereocenters. The van der Waals surface area contributed by atoms with Crippen molar-refractivity contribution in [3.05, 3.63) is 0 Å². The summed E-state index contributed by atoms with van der Waals surface area (Å²) in [7, 11) is 0. The van der Waals surface area contributed by atoms with Crippen LogP contribution in [0.4, 0.5) is 0 Å². The molecule has 0 aromatic heterocycles. The van der Waals surface area contributed by atoms with Crippen LogP contribution >= 0.6 is 0 Å².